The lowest BCUT2D eigenvalue weighted by Gasteiger charge is -2.06. The van der Waals surface area contributed by atoms with Crippen molar-refractivity contribution in [2.24, 2.45) is 5.92 Å². The molecule has 1 fully saturated rings. The van der Waals surface area contributed by atoms with E-state index in [2.05, 4.69) is 0 Å². The Morgan fingerprint density at radius 1 is 1.53 bits per heavy atom. The van der Waals surface area contributed by atoms with Crippen LogP contribution in [0.15, 0.2) is 12.1 Å². The molecule has 0 spiro atoms. The molecule has 2 N–H and O–H groups in total. The van der Waals surface area contributed by atoms with Crippen LogP contribution in [0.25, 0.3) is 0 Å². The minimum Gasteiger partial charge on any atom is -0.505 e. The van der Waals surface area contributed by atoms with Crippen molar-refractivity contribution in [3.8, 4) is 5.75 Å². The summed E-state index contributed by atoms with van der Waals surface area (Å²) < 4.78 is 13.3. The molecule has 0 radical (unpaired) electrons. The van der Waals surface area contributed by atoms with E-state index in [0.717, 1.165) is 0 Å². The second-order valence-corrected chi connectivity index (χ2v) is 3.90. The largest absolute Gasteiger partial charge is 0.505 e. The maximum Gasteiger partial charge on any atom is 0.307 e. The molecular formula is C11H11FO3. The van der Waals surface area contributed by atoms with Crippen molar-refractivity contribution < 1.29 is 19.4 Å². The zero-order valence-electron chi connectivity index (χ0n) is 8.20. The van der Waals surface area contributed by atoms with Crippen LogP contribution in [0.4, 0.5) is 4.39 Å². The number of phenols is 1. The maximum absolute atomic E-state index is 13.3. The number of halogens is 1. The first-order valence-electron chi connectivity index (χ1n) is 4.73. The zero-order valence-corrected chi connectivity index (χ0v) is 8.20. The summed E-state index contributed by atoms with van der Waals surface area (Å²) in [6.45, 7) is 1.56. The Morgan fingerprint density at radius 3 is 2.73 bits per heavy atom. The molecule has 1 aliphatic rings. The normalized spacial score (nSPS) is 23.9. The van der Waals surface area contributed by atoms with Gasteiger partial charge in [-0.25, -0.2) is 4.39 Å². The zero-order chi connectivity index (χ0) is 11.2. The molecular weight excluding hydrogens is 199 g/mol. The van der Waals surface area contributed by atoms with Gasteiger partial charge in [-0.2, -0.15) is 0 Å². The van der Waals surface area contributed by atoms with Crippen molar-refractivity contribution in [2.75, 3.05) is 0 Å². The molecule has 1 aliphatic carbocycles. The predicted molar refractivity (Wildman–Crippen MR) is 51.3 cm³/mol. The fraction of sp³-hybridized carbons (Fsp3) is 0.364. The first-order valence-corrected chi connectivity index (χ1v) is 4.73. The van der Waals surface area contributed by atoms with Crippen molar-refractivity contribution in [1.29, 1.82) is 0 Å². The summed E-state index contributed by atoms with van der Waals surface area (Å²) >= 11 is 0. The van der Waals surface area contributed by atoms with Crippen molar-refractivity contribution in [1.82, 2.24) is 0 Å². The fourth-order valence-corrected chi connectivity index (χ4v) is 1.90. The van der Waals surface area contributed by atoms with Gasteiger partial charge in [-0.05, 0) is 36.5 Å². The van der Waals surface area contributed by atoms with Gasteiger partial charge < -0.3 is 10.2 Å². The van der Waals surface area contributed by atoms with Crippen LogP contribution in [0.3, 0.4) is 0 Å². The molecule has 0 heterocycles. The quantitative estimate of drug-likeness (QED) is 0.785. The highest BCUT2D eigenvalue weighted by atomic mass is 19.1. The van der Waals surface area contributed by atoms with E-state index < -0.39 is 17.7 Å². The van der Waals surface area contributed by atoms with Crippen LogP contribution in [0.5, 0.6) is 5.75 Å². The van der Waals surface area contributed by atoms with Crippen LogP contribution in [-0.2, 0) is 4.79 Å². The molecule has 0 saturated heterocycles. The Bertz CT molecular complexity index is 428. The van der Waals surface area contributed by atoms with Gasteiger partial charge in [-0.3, -0.25) is 4.79 Å². The van der Waals surface area contributed by atoms with Gasteiger partial charge in [0.15, 0.2) is 11.6 Å². The van der Waals surface area contributed by atoms with Crippen molar-refractivity contribution >= 4 is 5.97 Å². The summed E-state index contributed by atoms with van der Waals surface area (Å²) in [5, 5.41) is 17.9. The first-order chi connectivity index (χ1) is 7.02. The number of phenolic OH excluding ortho intramolecular Hbond substituents is 1. The fourth-order valence-electron chi connectivity index (χ4n) is 1.90. The second kappa shape index (κ2) is 3.22. The number of benzene rings is 1. The maximum atomic E-state index is 13.3. The summed E-state index contributed by atoms with van der Waals surface area (Å²) in [6, 6.07) is 2.87. The van der Waals surface area contributed by atoms with E-state index in [1.807, 2.05) is 0 Å². The predicted octanol–water partition coefficient (Wildman–Crippen LogP) is 2.03. The standard InChI is InChI=1S/C11H11FO3/c1-5-6(2-3-9(13)10(5)12)7-4-8(7)11(14)15/h2-3,7-8,13H,4H2,1H3,(H,14,15). The third-order valence-electron chi connectivity index (χ3n) is 2.92. The highest BCUT2D eigenvalue weighted by Gasteiger charge is 2.45. The second-order valence-electron chi connectivity index (χ2n) is 3.90. The molecule has 1 saturated carbocycles. The van der Waals surface area contributed by atoms with Gasteiger partial charge in [0.1, 0.15) is 0 Å². The van der Waals surface area contributed by atoms with Crippen molar-refractivity contribution in [3.63, 3.8) is 0 Å². The van der Waals surface area contributed by atoms with E-state index in [1.165, 1.54) is 6.07 Å². The van der Waals surface area contributed by atoms with E-state index in [9.17, 15) is 9.18 Å². The molecule has 0 bridgehead atoms. The SMILES string of the molecule is Cc1c(C2CC2C(=O)O)ccc(O)c1F. The number of aromatic hydroxyl groups is 1. The van der Waals surface area contributed by atoms with Crippen LogP contribution in [-0.4, -0.2) is 16.2 Å². The van der Waals surface area contributed by atoms with E-state index in [1.54, 1.807) is 13.0 Å². The Morgan fingerprint density at radius 2 is 2.20 bits per heavy atom. The lowest BCUT2D eigenvalue weighted by Crippen LogP contribution is -2.00. The van der Waals surface area contributed by atoms with Gasteiger partial charge >= 0.3 is 5.97 Å². The van der Waals surface area contributed by atoms with Crippen LogP contribution < -0.4 is 0 Å². The smallest absolute Gasteiger partial charge is 0.307 e. The number of carboxylic acid groups (broad SMARTS) is 1. The van der Waals surface area contributed by atoms with E-state index in [4.69, 9.17) is 10.2 Å². The molecule has 0 aliphatic heterocycles. The molecule has 80 valence electrons. The summed E-state index contributed by atoms with van der Waals surface area (Å²) in [5.41, 5.74) is 1.04. The molecule has 15 heavy (non-hydrogen) atoms. The highest BCUT2D eigenvalue weighted by molar-refractivity contribution is 5.75. The molecule has 0 amide bonds. The summed E-state index contributed by atoms with van der Waals surface area (Å²) in [7, 11) is 0. The number of carboxylic acids is 1. The van der Waals surface area contributed by atoms with Gasteiger partial charge in [0, 0.05) is 0 Å². The third-order valence-corrected chi connectivity index (χ3v) is 2.92. The Balaban J connectivity index is 2.32. The Hall–Kier alpha value is -1.58. The highest BCUT2D eigenvalue weighted by Crippen LogP contribution is 2.49. The number of carbonyl (C=O) groups is 1. The number of aliphatic carboxylic acids is 1. The molecule has 1 aromatic rings. The minimum absolute atomic E-state index is 0.0994. The average molecular weight is 210 g/mol. The number of hydrogen-bond donors (Lipinski definition) is 2. The third kappa shape index (κ3) is 1.56. The van der Waals surface area contributed by atoms with Crippen LogP contribution >= 0.6 is 0 Å². The topological polar surface area (TPSA) is 57.5 Å². The van der Waals surface area contributed by atoms with Crippen LogP contribution in [0.1, 0.15) is 23.5 Å². The lowest BCUT2D eigenvalue weighted by atomic mass is 10.0. The van der Waals surface area contributed by atoms with Crippen molar-refractivity contribution in [2.45, 2.75) is 19.3 Å². The average Bonchev–Trinajstić information content (AvgIpc) is 2.94. The first kappa shape index (κ1) is 9.96. The molecule has 4 heteroatoms. The lowest BCUT2D eigenvalue weighted by molar-refractivity contribution is -0.138. The molecule has 3 nitrogen and oxygen atoms in total. The van der Waals surface area contributed by atoms with Gasteiger partial charge in [0.25, 0.3) is 0 Å². The molecule has 2 rings (SSSR count). The Labute approximate surface area is 86.2 Å². The summed E-state index contributed by atoms with van der Waals surface area (Å²) in [4.78, 5) is 10.7. The summed E-state index contributed by atoms with van der Waals surface area (Å²) in [6.07, 6.45) is 0.556. The van der Waals surface area contributed by atoms with Gasteiger partial charge in [-0.15, -0.1) is 0 Å². The monoisotopic (exact) mass is 210 g/mol. The molecule has 2 unspecified atom stereocenters. The molecule has 0 aromatic heterocycles. The minimum atomic E-state index is -0.840. The van der Waals surface area contributed by atoms with Gasteiger partial charge in [0.05, 0.1) is 5.92 Å². The Kier molecular flexibility index (Phi) is 2.14. The van der Waals surface area contributed by atoms with Gasteiger partial charge in [0.2, 0.25) is 0 Å². The molecule has 2 atom stereocenters. The van der Waals surface area contributed by atoms with Crippen LogP contribution in [0, 0.1) is 18.7 Å². The summed E-state index contributed by atoms with van der Waals surface area (Å²) in [5.74, 6) is -2.37. The van der Waals surface area contributed by atoms with Crippen LogP contribution in [0.2, 0.25) is 0 Å². The van der Waals surface area contributed by atoms with Crippen molar-refractivity contribution in [3.05, 3.63) is 29.1 Å². The number of rotatable bonds is 2. The number of hydrogen-bond acceptors (Lipinski definition) is 2. The van der Waals surface area contributed by atoms with E-state index >= 15 is 0 Å². The van der Waals surface area contributed by atoms with Gasteiger partial charge in [-0.1, -0.05) is 6.07 Å². The van der Waals surface area contributed by atoms with E-state index in [-0.39, 0.29) is 11.7 Å². The molecule has 1 aromatic carbocycles. The van der Waals surface area contributed by atoms with E-state index in [0.29, 0.717) is 17.5 Å².